The second-order valence-corrected chi connectivity index (χ2v) is 25.3. The van der Waals surface area contributed by atoms with E-state index in [0.717, 1.165) is 27.4 Å². The van der Waals surface area contributed by atoms with Crippen LogP contribution in [0.2, 0.25) is 0 Å². The van der Waals surface area contributed by atoms with Crippen LogP contribution in [0.5, 0.6) is 11.5 Å². The Hall–Kier alpha value is -10.5. The minimum Gasteiger partial charge on any atom is -0.510 e. The predicted molar refractivity (Wildman–Crippen MR) is 384 cm³/mol. The Morgan fingerprint density at radius 3 is 1.68 bits per heavy atom. The zero-order valence-corrected chi connectivity index (χ0v) is 54.2. The molecule has 6 heteroatoms. The summed E-state index contributed by atoms with van der Waals surface area (Å²) in [5, 5.41) is 1.86. The van der Waals surface area contributed by atoms with Crippen LogP contribution in [-0.2, 0) is 31.9 Å². The Kier molecular flexibility index (Phi) is 10.5. The van der Waals surface area contributed by atoms with E-state index in [9.17, 15) is 9.60 Å². The summed E-state index contributed by atoms with van der Waals surface area (Å²) in [6.07, 6.45) is 5.57. The van der Waals surface area contributed by atoms with Crippen LogP contribution in [-0.4, -0.2) is 14.1 Å². The first-order valence-electron chi connectivity index (χ1n) is 40.1. The zero-order valence-electron chi connectivity index (χ0n) is 70.9. The Labute approximate surface area is 591 Å². The van der Waals surface area contributed by atoms with Crippen LogP contribution in [0, 0.1) is 32.2 Å². The molecule has 16 rings (SSSR count). The zero-order chi connectivity index (χ0) is 79.6. The maximum Gasteiger partial charge on any atom is 0.268 e. The molecular weight excluding hydrogens is 1320 g/mol. The van der Waals surface area contributed by atoms with E-state index in [1.807, 2.05) is 132 Å². The van der Waals surface area contributed by atoms with Crippen molar-refractivity contribution in [3.05, 3.63) is 307 Å². The number of hydrogen-bond donors (Lipinski definition) is 0. The van der Waals surface area contributed by atoms with Gasteiger partial charge in [-0.15, -0.1) is 29.7 Å². The summed E-state index contributed by atoms with van der Waals surface area (Å²) in [4.78, 5) is 4.89. The fourth-order valence-electron chi connectivity index (χ4n) is 12.8. The average Bonchev–Trinajstić information content (AvgIpc) is 1.68. The number of imidazole rings is 1. The fourth-order valence-corrected chi connectivity index (χ4v) is 12.8. The third-order valence-corrected chi connectivity index (χ3v) is 17.4. The van der Waals surface area contributed by atoms with Crippen molar-refractivity contribution in [2.24, 2.45) is 0 Å². The van der Waals surface area contributed by atoms with Crippen molar-refractivity contribution in [1.82, 2.24) is 14.1 Å². The maximum atomic E-state index is 10.5. The number of aryl methyl sites for hydroxylation is 2. The molecule has 0 amide bonds. The van der Waals surface area contributed by atoms with E-state index in [4.69, 9.17) is 26.2 Å². The van der Waals surface area contributed by atoms with Gasteiger partial charge >= 0.3 is 0 Å². The van der Waals surface area contributed by atoms with E-state index < -0.39 is 115 Å². The second kappa shape index (κ2) is 23.6. The summed E-state index contributed by atoms with van der Waals surface area (Å²) in [7, 11) is 0. The molecule has 0 aliphatic carbocycles. The summed E-state index contributed by atoms with van der Waals surface area (Å²) >= 11 is 0. The molecule has 0 atom stereocenters. The molecule has 3 aromatic heterocycles. The van der Waals surface area contributed by atoms with E-state index in [1.54, 1.807) is 41.1 Å². The van der Waals surface area contributed by atoms with E-state index in [-0.39, 0.29) is 76.5 Å². The number of aromatic nitrogens is 4. The quantitative estimate of drug-likeness (QED) is 0.107. The van der Waals surface area contributed by atoms with Crippen LogP contribution in [0.3, 0.4) is 0 Å². The fraction of sp³-hybridized carbons (Fsp3) is 0.114. The van der Waals surface area contributed by atoms with Crippen molar-refractivity contribution in [3.8, 4) is 118 Å². The monoisotopic (exact) mass is 1410 g/mol. The maximum absolute atomic E-state index is 10.5. The van der Waals surface area contributed by atoms with Gasteiger partial charge in [-0.05, 0) is 201 Å². The number of ether oxygens (including phenoxy) is 1. The first-order chi connectivity index (χ1) is 53.0. The topological polar surface area (TPSA) is 35.9 Å². The van der Waals surface area contributed by atoms with Gasteiger partial charge in [0, 0.05) is 52.5 Å². The molecule has 0 saturated carbocycles. The molecule has 12 aromatic carbocycles. The van der Waals surface area contributed by atoms with Gasteiger partial charge in [0.05, 0.1) is 34.5 Å². The van der Waals surface area contributed by atoms with Crippen LogP contribution in [0.25, 0.3) is 139 Å². The van der Waals surface area contributed by atoms with Gasteiger partial charge < -0.3 is 13.9 Å². The standard InChI is InChI=1S/C88H68N4O.Pt/c1-56-23-21-24-57(2)84(56)65-49-77(60-37-39-66(40-38-60)87(3,4)5)85-78(50-65)73-33-17-15-31-71(73)72-32-16-18-34-74(72)79-48-64(63-46-61(58-25-11-9-12-26-58)45-62(47-63)59-27-13-10-14-28-59)51-82-86(79)91(85)55-90(82)68-29-22-30-69(53-68)93-70-41-42-76-75-35-19-20-36-80(75)92(81(76)54-70)83-52-67(43-44-89-83)88(6,7)8;/h9-52H,1-8H3;/q-2;/i1D3,2D3,9D,10D,11D,12D,13D,14D,25D,26D,27D,28D,45D,46D,47D;. The molecule has 458 valence electrons. The molecule has 15 aromatic rings. The van der Waals surface area contributed by atoms with Gasteiger partial charge in [0.25, 0.3) is 6.33 Å². The van der Waals surface area contributed by atoms with Crippen LogP contribution < -0.4 is 9.30 Å². The van der Waals surface area contributed by atoms with Crippen LogP contribution >= 0.6 is 0 Å². The Bertz CT molecular complexity index is 6340. The molecule has 0 spiro atoms. The first kappa shape index (κ1) is 41.9. The van der Waals surface area contributed by atoms with Crippen molar-refractivity contribution in [2.75, 3.05) is 0 Å². The predicted octanol–water partition coefficient (Wildman–Crippen LogP) is 22.5. The molecule has 4 heterocycles. The molecule has 1 aliphatic heterocycles. The Balaban J connectivity index is 0.0000101. The molecule has 0 unspecified atom stereocenters. The Morgan fingerprint density at radius 2 is 1.03 bits per heavy atom. The molecule has 0 saturated heterocycles. The number of para-hydroxylation sites is 1. The van der Waals surface area contributed by atoms with Gasteiger partial charge in [-0.1, -0.05) is 223 Å². The molecule has 0 bridgehead atoms. The molecular formula is C88H68N4OPt-2. The molecule has 1 aliphatic rings. The summed E-state index contributed by atoms with van der Waals surface area (Å²) in [6.45, 7) is 7.08. The summed E-state index contributed by atoms with van der Waals surface area (Å²) in [5.74, 6) is 1.21. The van der Waals surface area contributed by atoms with Gasteiger partial charge in [-0.25, -0.2) is 4.98 Å². The van der Waals surface area contributed by atoms with E-state index in [1.165, 1.54) is 18.2 Å². The average molecular weight is 1410 g/mol. The minimum absolute atomic E-state index is 0. The molecule has 0 radical (unpaired) electrons. The number of benzene rings is 12. The van der Waals surface area contributed by atoms with Crippen molar-refractivity contribution in [2.45, 2.75) is 66.1 Å². The largest absolute Gasteiger partial charge is 0.510 e. The van der Waals surface area contributed by atoms with Gasteiger partial charge in [-0.2, -0.15) is 18.2 Å². The summed E-state index contributed by atoms with van der Waals surface area (Å²) in [5.41, 5.74) is 6.27. The van der Waals surface area contributed by atoms with Gasteiger partial charge in [0.2, 0.25) is 0 Å². The van der Waals surface area contributed by atoms with Gasteiger partial charge in [-0.3, -0.25) is 4.57 Å². The van der Waals surface area contributed by atoms with E-state index >= 15 is 0 Å². The molecule has 94 heavy (non-hydrogen) atoms. The normalized spacial score (nSPS) is 15.1. The third kappa shape index (κ3) is 10.6. The van der Waals surface area contributed by atoms with Crippen LogP contribution in [0.15, 0.2) is 267 Å². The first-order valence-corrected chi connectivity index (χ1v) is 30.6. The van der Waals surface area contributed by atoms with Crippen molar-refractivity contribution < 1.29 is 56.4 Å². The number of fused-ring (bicyclic) bond motifs is 10. The van der Waals surface area contributed by atoms with Gasteiger partial charge in [0.1, 0.15) is 5.82 Å². The number of pyridine rings is 1. The van der Waals surface area contributed by atoms with Crippen molar-refractivity contribution >= 4 is 32.8 Å². The van der Waals surface area contributed by atoms with Crippen molar-refractivity contribution in [1.29, 1.82) is 0 Å². The van der Waals surface area contributed by atoms with Gasteiger partial charge in [0.15, 0.2) is 0 Å². The summed E-state index contributed by atoms with van der Waals surface area (Å²) < 4.78 is 188. The smallest absolute Gasteiger partial charge is 0.268 e. The van der Waals surface area contributed by atoms with Crippen LogP contribution in [0.1, 0.15) is 89.8 Å². The van der Waals surface area contributed by atoms with E-state index in [2.05, 4.69) is 70.6 Å². The number of nitrogens with zero attached hydrogens (tertiary/aromatic N) is 4. The number of hydrogen-bond acceptors (Lipinski definition) is 2. The summed E-state index contributed by atoms with van der Waals surface area (Å²) in [6, 6.07) is 52.5. The Morgan fingerprint density at radius 1 is 0.457 bits per heavy atom. The molecule has 5 nitrogen and oxygen atoms in total. The molecule has 0 N–H and O–H groups in total. The van der Waals surface area contributed by atoms with E-state index in [0.29, 0.717) is 78.5 Å². The molecule has 0 fully saturated rings. The SMILES string of the molecule is [2H]c1c([2H])c([2H])c(-c2c([2H])c(-c3cc4c5c(c3)n(-c3[c-]c(Oc6[c-]c7c(cc6)c6ccccc6n7-c6cc(C(C)(C)C)ccn6)ccc3)[c-][n+]5-c3c(-c5ccc(C(C)(C)C)cc5)cc(-c5c(C([2H])([2H])[2H])cccc5C([2H])([2H])[2H])cc3-c3ccccc3-c3ccccc3-4)c([2H])c(-c3c([2H])c([2H])c([2H])c([2H])c3[2H])c2[2H])c([2H])c1[2H].[Pt]. The third-order valence-electron chi connectivity index (χ3n) is 17.4. The number of rotatable bonds is 9. The second-order valence-electron chi connectivity index (χ2n) is 25.3. The van der Waals surface area contributed by atoms with Crippen LogP contribution in [0.4, 0.5) is 0 Å². The minimum atomic E-state index is -2.81. The van der Waals surface area contributed by atoms with Crippen molar-refractivity contribution in [3.63, 3.8) is 0 Å².